The van der Waals surface area contributed by atoms with Gasteiger partial charge in [0.15, 0.2) is 6.10 Å². The van der Waals surface area contributed by atoms with Crippen LogP contribution in [0.4, 0.5) is 5.69 Å². The van der Waals surface area contributed by atoms with Crippen LogP contribution in [-0.2, 0) is 17.6 Å². The highest BCUT2D eigenvalue weighted by Gasteiger charge is 2.36. The van der Waals surface area contributed by atoms with Crippen LogP contribution in [0.3, 0.4) is 0 Å². The molecule has 2 aromatic rings. The molecular formula is C25H28N2O3. The second-order valence-electron chi connectivity index (χ2n) is 8.57. The second kappa shape index (κ2) is 8.13. The Morgan fingerprint density at radius 1 is 0.867 bits per heavy atom. The van der Waals surface area contributed by atoms with E-state index < -0.39 is 6.10 Å². The molecule has 2 heterocycles. The molecule has 0 N–H and O–H groups in total. The van der Waals surface area contributed by atoms with Crippen LogP contribution >= 0.6 is 0 Å². The van der Waals surface area contributed by atoms with Crippen LogP contribution in [-0.4, -0.2) is 42.5 Å². The van der Waals surface area contributed by atoms with E-state index in [0.717, 1.165) is 44.5 Å². The van der Waals surface area contributed by atoms with Crippen molar-refractivity contribution >= 4 is 17.5 Å². The molecule has 0 aromatic heterocycles. The lowest BCUT2D eigenvalue weighted by Gasteiger charge is -2.37. The SMILES string of the molecule is O=C([C@@H]1CN(C(=O)c2ccc3c(c2)CCCC3)c2ccccc2O1)N1CCCCC1. The molecule has 3 aliphatic rings. The molecule has 1 aliphatic carbocycles. The zero-order valence-electron chi connectivity index (χ0n) is 17.3. The highest BCUT2D eigenvalue weighted by molar-refractivity contribution is 6.08. The number of likely N-dealkylation sites (tertiary alicyclic amines) is 1. The van der Waals surface area contributed by atoms with Gasteiger partial charge in [0.2, 0.25) is 0 Å². The smallest absolute Gasteiger partial charge is 0.265 e. The van der Waals surface area contributed by atoms with E-state index in [1.807, 2.05) is 35.2 Å². The molecule has 1 atom stereocenters. The lowest BCUT2D eigenvalue weighted by molar-refractivity contribution is -0.139. The minimum absolute atomic E-state index is 0.00700. The summed E-state index contributed by atoms with van der Waals surface area (Å²) in [4.78, 5) is 30.3. The van der Waals surface area contributed by atoms with Gasteiger partial charge in [0.25, 0.3) is 11.8 Å². The Morgan fingerprint density at radius 3 is 2.47 bits per heavy atom. The number of carbonyl (C=O) groups excluding carboxylic acids is 2. The van der Waals surface area contributed by atoms with Crippen LogP contribution in [0.5, 0.6) is 5.75 Å². The van der Waals surface area contributed by atoms with Crippen LogP contribution in [0.25, 0.3) is 0 Å². The van der Waals surface area contributed by atoms with E-state index in [-0.39, 0.29) is 18.4 Å². The molecular weight excluding hydrogens is 376 g/mol. The van der Waals surface area contributed by atoms with E-state index in [1.54, 1.807) is 4.90 Å². The topological polar surface area (TPSA) is 49.9 Å². The molecule has 156 valence electrons. The minimum atomic E-state index is -0.653. The number of carbonyl (C=O) groups is 2. The molecule has 2 amide bonds. The predicted molar refractivity (Wildman–Crippen MR) is 116 cm³/mol. The first kappa shape index (κ1) is 19.2. The van der Waals surface area contributed by atoms with Crippen molar-refractivity contribution in [1.82, 2.24) is 4.90 Å². The molecule has 5 nitrogen and oxygen atoms in total. The molecule has 0 bridgehead atoms. The number of aryl methyl sites for hydroxylation is 2. The van der Waals surface area contributed by atoms with Gasteiger partial charge in [-0.1, -0.05) is 18.2 Å². The molecule has 2 aliphatic heterocycles. The van der Waals surface area contributed by atoms with Crippen molar-refractivity contribution in [2.75, 3.05) is 24.5 Å². The third-order valence-corrected chi connectivity index (χ3v) is 6.56. The number of amides is 2. The van der Waals surface area contributed by atoms with Crippen molar-refractivity contribution in [3.8, 4) is 5.75 Å². The number of rotatable bonds is 2. The summed E-state index contributed by atoms with van der Waals surface area (Å²) in [5.41, 5.74) is 4.08. The zero-order chi connectivity index (χ0) is 20.5. The Hall–Kier alpha value is -2.82. The molecule has 0 unspecified atom stereocenters. The van der Waals surface area contributed by atoms with Crippen LogP contribution in [0.15, 0.2) is 42.5 Å². The number of fused-ring (bicyclic) bond motifs is 2. The van der Waals surface area contributed by atoms with E-state index in [1.165, 1.54) is 30.4 Å². The summed E-state index contributed by atoms with van der Waals surface area (Å²) >= 11 is 0. The summed E-state index contributed by atoms with van der Waals surface area (Å²) in [6.07, 6.45) is 7.11. The van der Waals surface area contributed by atoms with Crippen molar-refractivity contribution in [3.63, 3.8) is 0 Å². The molecule has 0 radical (unpaired) electrons. The van der Waals surface area contributed by atoms with E-state index in [4.69, 9.17) is 4.74 Å². The van der Waals surface area contributed by atoms with Crippen molar-refractivity contribution in [1.29, 1.82) is 0 Å². The van der Waals surface area contributed by atoms with Crippen molar-refractivity contribution in [2.24, 2.45) is 0 Å². The Labute approximate surface area is 177 Å². The van der Waals surface area contributed by atoms with Gasteiger partial charge in [-0.05, 0) is 80.3 Å². The van der Waals surface area contributed by atoms with Crippen LogP contribution in [0.2, 0.25) is 0 Å². The van der Waals surface area contributed by atoms with Crippen molar-refractivity contribution in [3.05, 3.63) is 59.2 Å². The monoisotopic (exact) mass is 404 g/mol. The summed E-state index contributed by atoms with van der Waals surface area (Å²) in [6, 6.07) is 13.6. The van der Waals surface area contributed by atoms with Gasteiger partial charge >= 0.3 is 0 Å². The fourth-order valence-electron chi connectivity index (χ4n) is 4.90. The van der Waals surface area contributed by atoms with E-state index >= 15 is 0 Å². The van der Waals surface area contributed by atoms with Crippen LogP contribution in [0, 0.1) is 0 Å². The minimum Gasteiger partial charge on any atom is -0.476 e. The maximum atomic E-state index is 13.5. The Morgan fingerprint density at radius 2 is 1.63 bits per heavy atom. The fraction of sp³-hybridized carbons (Fsp3) is 0.440. The normalized spacial score (nSPS) is 20.7. The largest absolute Gasteiger partial charge is 0.476 e. The molecule has 1 fully saturated rings. The average molecular weight is 405 g/mol. The molecule has 0 spiro atoms. The van der Waals surface area contributed by atoms with Gasteiger partial charge in [0, 0.05) is 18.7 Å². The number of hydrogen-bond acceptors (Lipinski definition) is 3. The van der Waals surface area contributed by atoms with Crippen LogP contribution < -0.4 is 9.64 Å². The molecule has 0 saturated carbocycles. The van der Waals surface area contributed by atoms with Gasteiger partial charge in [0.1, 0.15) is 5.75 Å². The van der Waals surface area contributed by atoms with Gasteiger partial charge in [0.05, 0.1) is 12.2 Å². The fourth-order valence-corrected chi connectivity index (χ4v) is 4.90. The van der Waals surface area contributed by atoms with Crippen molar-refractivity contribution in [2.45, 2.75) is 51.0 Å². The standard InChI is InChI=1S/C25H28N2O3/c28-24(20-13-12-18-8-2-3-9-19(18)16-20)27-17-23(25(29)26-14-6-1-7-15-26)30-22-11-5-4-10-21(22)27/h4-5,10-13,16,23H,1-3,6-9,14-15,17H2/t23-/m0/s1. The number of hydrogen-bond donors (Lipinski definition) is 0. The first-order valence-corrected chi connectivity index (χ1v) is 11.2. The quantitative estimate of drug-likeness (QED) is 0.761. The lowest BCUT2D eigenvalue weighted by atomic mass is 9.90. The van der Waals surface area contributed by atoms with Crippen molar-refractivity contribution < 1.29 is 14.3 Å². The molecule has 5 heteroatoms. The van der Waals surface area contributed by atoms with Gasteiger partial charge in [-0.15, -0.1) is 0 Å². The highest BCUT2D eigenvalue weighted by atomic mass is 16.5. The summed E-state index contributed by atoms with van der Waals surface area (Å²) < 4.78 is 6.07. The predicted octanol–water partition coefficient (Wildman–Crippen LogP) is 3.99. The number of nitrogens with zero attached hydrogens (tertiary/aromatic N) is 2. The number of piperidine rings is 1. The third-order valence-electron chi connectivity index (χ3n) is 6.56. The Bertz CT molecular complexity index is 965. The zero-order valence-corrected chi connectivity index (χ0v) is 17.3. The van der Waals surface area contributed by atoms with Gasteiger partial charge in [-0.3, -0.25) is 9.59 Å². The molecule has 1 saturated heterocycles. The maximum absolute atomic E-state index is 13.5. The molecule has 5 rings (SSSR count). The number of benzene rings is 2. The first-order chi connectivity index (χ1) is 14.7. The molecule has 30 heavy (non-hydrogen) atoms. The highest BCUT2D eigenvalue weighted by Crippen LogP contribution is 2.35. The third kappa shape index (κ3) is 3.57. The number of anilines is 1. The Balaban J connectivity index is 1.44. The second-order valence-corrected chi connectivity index (χ2v) is 8.57. The first-order valence-electron chi connectivity index (χ1n) is 11.2. The summed E-state index contributed by atoms with van der Waals surface area (Å²) in [7, 11) is 0. The summed E-state index contributed by atoms with van der Waals surface area (Å²) in [6.45, 7) is 1.81. The van der Waals surface area contributed by atoms with E-state index in [2.05, 4.69) is 12.1 Å². The van der Waals surface area contributed by atoms with Gasteiger partial charge in [-0.25, -0.2) is 0 Å². The number of ether oxygens (including phenoxy) is 1. The number of para-hydroxylation sites is 2. The molecule has 2 aromatic carbocycles. The lowest BCUT2D eigenvalue weighted by Crippen LogP contribution is -2.52. The summed E-state index contributed by atoms with van der Waals surface area (Å²) in [5.74, 6) is 0.536. The Kier molecular flexibility index (Phi) is 5.19. The van der Waals surface area contributed by atoms with E-state index in [0.29, 0.717) is 11.3 Å². The van der Waals surface area contributed by atoms with Crippen LogP contribution in [0.1, 0.15) is 53.6 Å². The van der Waals surface area contributed by atoms with E-state index in [9.17, 15) is 9.59 Å². The average Bonchev–Trinajstić information content (AvgIpc) is 2.82. The van der Waals surface area contributed by atoms with Gasteiger partial charge in [-0.2, -0.15) is 0 Å². The van der Waals surface area contributed by atoms with Gasteiger partial charge < -0.3 is 14.5 Å². The summed E-state index contributed by atoms with van der Waals surface area (Å²) in [5, 5.41) is 0. The maximum Gasteiger partial charge on any atom is 0.265 e.